The van der Waals surface area contributed by atoms with Crippen LogP contribution >= 0.6 is 15.9 Å². The standard InChI is InChI=1S/C10H9BrO4/c11-6-8(12)15-9(10(13)14)7-4-2-1-3-5-7/h1-5,9H,6H2,(H,13,14)/t9-/m1/s1. The van der Waals surface area contributed by atoms with Crippen LogP contribution in [0.5, 0.6) is 0 Å². The summed E-state index contributed by atoms with van der Waals surface area (Å²) in [5, 5.41) is 8.85. The molecule has 0 radical (unpaired) electrons. The maximum absolute atomic E-state index is 11.0. The Morgan fingerprint density at radius 1 is 1.33 bits per heavy atom. The molecule has 1 N–H and O–H groups in total. The second-order valence-corrected chi connectivity index (χ2v) is 3.31. The third-order valence-electron chi connectivity index (χ3n) is 1.69. The molecule has 0 saturated heterocycles. The zero-order valence-electron chi connectivity index (χ0n) is 7.72. The molecule has 1 aromatic rings. The Bertz CT molecular complexity index is 350. The van der Waals surface area contributed by atoms with Crippen molar-refractivity contribution in [2.45, 2.75) is 6.10 Å². The minimum absolute atomic E-state index is 0.0242. The summed E-state index contributed by atoms with van der Waals surface area (Å²) in [4.78, 5) is 21.8. The van der Waals surface area contributed by atoms with Gasteiger partial charge in [-0.05, 0) is 0 Å². The van der Waals surface area contributed by atoms with Crippen molar-refractivity contribution in [3.8, 4) is 0 Å². The van der Waals surface area contributed by atoms with Gasteiger partial charge >= 0.3 is 11.9 Å². The Morgan fingerprint density at radius 2 is 1.93 bits per heavy atom. The van der Waals surface area contributed by atoms with Crippen LogP contribution in [0.15, 0.2) is 30.3 Å². The number of aliphatic carboxylic acids is 1. The summed E-state index contributed by atoms with van der Waals surface area (Å²) < 4.78 is 4.76. The van der Waals surface area contributed by atoms with Crippen LogP contribution in [0.2, 0.25) is 0 Å². The smallest absolute Gasteiger partial charge is 0.349 e. The number of carbonyl (C=O) groups excluding carboxylic acids is 1. The third kappa shape index (κ3) is 3.36. The quantitative estimate of drug-likeness (QED) is 0.670. The largest absolute Gasteiger partial charge is 0.478 e. The van der Waals surface area contributed by atoms with E-state index in [0.717, 1.165) is 0 Å². The summed E-state index contributed by atoms with van der Waals surface area (Å²) in [6.45, 7) is 0. The molecule has 1 atom stereocenters. The first-order valence-corrected chi connectivity index (χ1v) is 5.30. The second-order valence-electron chi connectivity index (χ2n) is 2.75. The van der Waals surface area contributed by atoms with Gasteiger partial charge in [-0.2, -0.15) is 0 Å². The minimum Gasteiger partial charge on any atom is -0.478 e. The highest BCUT2D eigenvalue weighted by atomic mass is 79.9. The van der Waals surface area contributed by atoms with Crippen LogP contribution in [-0.2, 0) is 14.3 Å². The molecule has 4 nitrogen and oxygen atoms in total. The summed E-state index contributed by atoms with van der Waals surface area (Å²) in [5.74, 6) is -1.79. The van der Waals surface area contributed by atoms with Crippen molar-refractivity contribution >= 4 is 27.9 Å². The fraction of sp³-hybridized carbons (Fsp3) is 0.200. The van der Waals surface area contributed by atoms with Gasteiger partial charge in [0.05, 0.1) is 0 Å². The van der Waals surface area contributed by atoms with Crippen molar-refractivity contribution in [1.29, 1.82) is 0 Å². The van der Waals surface area contributed by atoms with Crippen LogP contribution < -0.4 is 0 Å². The van der Waals surface area contributed by atoms with Crippen LogP contribution in [0.1, 0.15) is 11.7 Å². The van der Waals surface area contributed by atoms with Gasteiger partial charge in [-0.15, -0.1) is 0 Å². The SMILES string of the molecule is O=C(CBr)O[C@@H](C(=O)O)c1ccccc1. The van der Waals surface area contributed by atoms with E-state index in [1.807, 2.05) is 0 Å². The molecule has 0 aliphatic carbocycles. The van der Waals surface area contributed by atoms with Crippen molar-refractivity contribution in [1.82, 2.24) is 0 Å². The van der Waals surface area contributed by atoms with Crippen molar-refractivity contribution < 1.29 is 19.4 Å². The molecule has 1 aromatic carbocycles. The number of ether oxygens (including phenoxy) is 1. The number of hydrogen-bond donors (Lipinski definition) is 1. The number of alkyl halides is 1. The summed E-state index contributed by atoms with van der Waals surface area (Å²) in [6.07, 6.45) is -1.24. The Hall–Kier alpha value is -1.36. The highest BCUT2D eigenvalue weighted by molar-refractivity contribution is 9.09. The normalized spacial score (nSPS) is 11.8. The lowest BCUT2D eigenvalue weighted by Gasteiger charge is -2.12. The van der Waals surface area contributed by atoms with Crippen molar-refractivity contribution in [3.63, 3.8) is 0 Å². The number of esters is 1. The molecule has 0 aromatic heterocycles. The number of halogens is 1. The molecule has 0 aliphatic rings. The van der Waals surface area contributed by atoms with Gasteiger partial charge < -0.3 is 9.84 Å². The first-order chi connectivity index (χ1) is 7.15. The fourth-order valence-electron chi connectivity index (χ4n) is 1.05. The monoisotopic (exact) mass is 272 g/mol. The van der Waals surface area contributed by atoms with Gasteiger partial charge in [0, 0.05) is 5.56 Å². The van der Waals surface area contributed by atoms with Crippen molar-refractivity contribution in [2.75, 3.05) is 5.33 Å². The highest BCUT2D eigenvalue weighted by Gasteiger charge is 2.23. The molecule has 15 heavy (non-hydrogen) atoms. The lowest BCUT2D eigenvalue weighted by molar-refractivity contribution is -0.162. The molecule has 0 amide bonds. The Morgan fingerprint density at radius 3 is 2.40 bits per heavy atom. The van der Waals surface area contributed by atoms with E-state index >= 15 is 0 Å². The van der Waals surface area contributed by atoms with E-state index in [9.17, 15) is 9.59 Å². The zero-order chi connectivity index (χ0) is 11.3. The first kappa shape index (κ1) is 11.7. The van der Waals surface area contributed by atoms with E-state index in [1.54, 1.807) is 30.3 Å². The molecular formula is C10H9BrO4. The van der Waals surface area contributed by atoms with E-state index < -0.39 is 18.0 Å². The molecule has 5 heteroatoms. The van der Waals surface area contributed by atoms with Gasteiger partial charge in [0.25, 0.3) is 0 Å². The van der Waals surface area contributed by atoms with Crippen LogP contribution in [-0.4, -0.2) is 22.4 Å². The molecular weight excluding hydrogens is 264 g/mol. The maximum Gasteiger partial charge on any atom is 0.349 e. The number of benzene rings is 1. The van der Waals surface area contributed by atoms with Gasteiger partial charge in [0.2, 0.25) is 6.10 Å². The minimum atomic E-state index is -1.24. The average Bonchev–Trinajstić information content (AvgIpc) is 2.26. The van der Waals surface area contributed by atoms with E-state index in [0.29, 0.717) is 5.56 Å². The van der Waals surface area contributed by atoms with E-state index in [2.05, 4.69) is 15.9 Å². The predicted molar refractivity (Wildman–Crippen MR) is 56.7 cm³/mol. The second kappa shape index (κ2) is 5.50. The van der Waals surface area contributed by atoms with Gasteiger partial charge in [-0.3, -0.25) is 4.79 Å². The summed E-state index contributed by atoms with van der Waals surface area (Å²) in [7, 11) is 0. The molecule has 0 heterocycles. The number of rotatable bonds is 4. The van der Waals surface area contributed by atoms with Crippen molar-refractivity contribution in [3.05, 3.63) is 35.9 Å². The average molecular weight is 273 g/mol. The summed E-state index contributed by atoms with van der Waals surface area (Å²) in [5.41, 5.74) is 0.444. The lowest BCUT2D eigenvalue weighted by atomic mass is 10.1. The molecule has 80 valence electrons. The molecule has 0 spiro atoms. The molecule has 1 rings (SSSR count). The van der Waals surface area contributed by atoms with Crippen LogP contribution in [0.25, 0.3) is 0 Å². The van der Waals surface area contributed by atoms with Crippen molar-refractivity contribution in [2.24, 2.45) is 0 Å². The van der Waals surface area contributed by atoms with E-state index in [4.69, 9.17) is 9.84 Å². The van der Waals surface area contributed by atoms with E-state index in [1.165, 1.54) is 0 Å². The number of hydrogen-bond acceptors (Lipinski definition) is 3. The number of carboxylic acids is 1. The first-order valence-electron chi connectivity index (χ1n) is 4.18. The number of carbonyl (C=O) groups is 2. The zero-order valence-corrected chi connectivity index (χ0v) is 9.31. The molecule has 0 bridgehead atoms. The molecule has 0 fully saturated rings. The summed E-state index contributed by atoms with van der Waals surface area (Å²) in [6, 6.07) is 8.33. The lowest BCUT2D eigenvalue weighted by Crippen LogP contribution is -2.19. The number of carboxylic acid groups (broad SMARTS) is 1. The molecule has 0 unspecified atom stereocenters. The van der Waals surface area contributed by atoms with Gasteiger partial charge in [-0.1, -0.05) is 46.3 Å². The maximum atomic E-state index is 11.0. The van der Waals surface area contributed by atoms with Crippen LogP contribution in [0.3, 0.4) is 0 Å². The predicted octanol–water partition coefficient (Wildman–Crippen LogP) is 1.75. The Labute approximate surface area is 95.0 Å². The molecule has 0 aliphatic heterocycles. The van der Waals surface area contributed by atoms with Gasteiger partial charge in [-0.25, -0.2) is 4.79 Å². The van der Waals surface area contributed by atoms with Gasteiger partial charge in [0.15, 0.2) is 0 Å². The van der Waals surface area contributed by atoms with Crippen LogP contribution in [0.4, 0.5) is 0 Å². The Kier molecular flexibility index (Phi) is 4.30. The van der Waals surface area contributed by atoms with E-state index in [-0.39, 0.29) is 5.33 Å². The van der Waals surface area contributed by atoms with Crippen LogP contribution in [0, 0.1) is 0 Å². The van der Waals surface area contributed by atoms with Gasteiger partial charge in [0.1, 0.15) is 5.33 Å². The molecule has 0 saturated carbocycles. The Balaban J connectivity index is 2.84. The topological polar surface area (TPSA) is 63.6 Å². The third-order valence-corrected chi connectivity index (χ3v) is 2.14. The summed E-state index contributed by atoms with van der Waals surface area (Å²) >= 11 is 2.90. The highest BCUT2D eigenvalue weighted by Crippen LogP contribution is 2.17. The fourth-order valence-corrected chi connectivity index (χ4v) is 1.18.